The molecule has 0 saturated heterocycles. The molecule has 158 valence electrons. The number of carbonyl (C=O) groups excluding carboxylic acids is 1. The van der Waals surface area contributed by atoms with Crippen molar-refractivity contribution < 1.29 is 27.4 Å². The van der Waals surface area contributed by atoms with Crippen molar-refractivity contribution in [2.75, 3.05) is 13.2 Å². The van der Waals surface area contributed by atoms with Crippen molar-refractivity contribution in [2.24, 2.45) is 0 Å². The Morgan fingerprint density at radius 1 is 1.07 bits per heavy atom. The van der Waals surface area contributed by atoms with E-state index < -0.39 is 23.9 Å². The highest BCUT2D eigenvalue weighted by molar-refractivity contribution is 5.67. The quantitative estimate of drug-likeness (QED) is 0.538. The Balaban J connectivity index is 1.67. The van der Waals surface area contributed by atoms with Gasteiger partial charge in [0.25, 0.3) is 0 Å². The van der Waals surface area contributed by atoms with Gasteiger partial charge in [-0.05, 0) is 42.5 Å². The molecule has 2 aromatic rings. The van der Waals surface area contributed by atoms with Gasteiger partial charge in [0.2, 0.25) is 0 Å². The zero-order chi connectivity index (χ0) is 21.1. The van der Waals surface area contributed by atoms with Crippen LogP contribution in [0.1, 0.15) is 36.5 Å². The lowest BCUT2D eigenvalue weighted by Gasteiger charge is -2.17. The average molecular weight is 409 g/mol. The Bertz CT molecular complexity index is 750. The molecule has 1 N–H and O–H groups in total. The van der Waals surface area contributed by atoms with Gasteiger partial charge in [-0.25, -0.2) is 4.79 Å². The van der Waals surface area contributed by atoms with Crippen LogP contribution in [0.3, 0.4) is 0 Å². The molecule has 0 aliphatic rings. The van der Waals surface area contributed by atoms with E-state index in [9.17, 15) is 18.0 Å². The highest BCUT2D eigenvalue weighted by Crippen LogP contribution is 2.29. The number of amides is 1. The van der Waals surface area contributed by atoms with E-state index in [1.807, 2.05) is 37.3 Å². The summed E-state index contributed by atoms with van der Waals surface area (Å²) >= 11 is 0. The second-order valence-corrected chi connectivity index (χ2v) is 6.66. The third-order valence-electron chi connectivity index (χ3n) is 4.31. The summed E-state index contributed by atoms with van der Waals surface area (Å²) in [4.78, 5) is 11.9. The number of nitrogens with one attached hydrogen (secondary N) is 1. The lowest BCUT2D eigenvalue weighted by atomic mass is 10.1. The van der Waals surface area contributed by atoms with E-state index in [1.54, 1.807) is 6.07 Å². The summed E-state index contributed by atoms with van der Waals surface area (Å²) in [6, 6.07) is 15.0. The van der Waals surface area contributed by atoms with Crippen LogP contribution < -0.4 is 5.32 Å². The van der Waals surface area contributed by atoms with Gasteiger partial charge in [0.05, 0.1) is 18.8 Å². The van der Waals surface area contributed by atoms with Crippen molar-refractivity contribution in [1.29, 1.82) is 0 Å². The van der Waals surface area contributed by atoms with E-state index in [-0.39, 0.29) is 13.2 Å². The largest absolute Gasteiger partial charge is 0.444 e. The highest BCUT2D eigenvalue weighted by atomic mass is 19.4. The maximum Gasteiger partial charge on any atom is 0.416 e. The predicted octanol–water partition coefficient (Wildman–Crippen LogP) is 5.36. The van der Waals surface area contributed by atoms with Crippen molar-refractivity contribution in [3.63, 3.8) is 0 Å². The Kier molecular flexibility index (Phi) is 8.99. The SMILES string of the molecule is CCC(COCc1cccc(C(F)(F)F)c1)OC(=O)NCCCc1ccccc1. The van der Waals surface area contributed by atoms with Crippen LogP contribution in [0.25, 0.3) is 0 Å². The van der Waals surface area contributed by atoms with Gasteiger partial charge in [-0.2, -0.15) is 13.2 Å². The minimum absolute atomic E-state index is 0.0163. The van der Waals surface area contributed by atoms with Crippen molar-refractivity contribution in [3.8, 4) is 0 Å². The molecule has 0 heterocycles. The minimum Gasteiger partial charge on any atom is -0.444 e. The van der Waals surface area contributed by atoms with Crippen LogP contribution in [0, 0.1) is 0 Å². The molecule has 2 aromatic carbocycles. The third-order valence-corrected chi connectivity index (χ3v) is 4.31. The molecule has 0 saturated carbocycles. The fourth-order valence-electron chi connectivity index (χ4n) is 2.70. The highest BCUT2D eigenvalue weighted by Gasteiger charge is 2.30. The molecule has 0 bridgehead atoms. The van der Waals surface area contributed by atoms with E-state index in [2.05, 4.69) is 5.32 Å². The van der Waals surface area contributed by atoms with E-state index in [1.165, 1.54) is 11.6 Å². The Morgan fingerprint density at radius 2 is 1.79 bits per heavy atom. The number of ether oxygens (including phenoxy) is 2. The van der Waals surface area contributed by atoms with Crippen LogP contribution >= 0.6 is 0 Å². The van der Waals surface area contributed by atoms with Crippen LogP contribution in [0.4, 0.5) is 18.0 Å². The molecule has 1 unspecified atom stereocenters. The van der Waals surface area contributed by atoms with Gasteiger partial charge < -0.3 is 14.8 Å². The average Bonchev–Trinajstić information content (AvgIpc) is 2.71. The molecule has 0 fully saturated rings. The van der Waals surface area contributed by atoms with Crippen molar-refractivity contribution in [3.05, 3.63) is 71.3 Å². The maximum atomic E-state index is 12.7. The predicted molar refractivity (Wildman–Crippen MR) is 104 cm³/mol. The summed E-state index contributed by atoms with van der Waals surface area (Å²) in [6.45, 7) is 2.48. The number of rotatable bonds is 10. The number of halogens is 3. The minimum atomic E-state index is -4.39. The van der Waals surface area contributed by atoms with Gasteiger partial charge in [0.1, 0.15) is 6.10 Å². The molecular weight excluding hydrogens is 383 g/mol. The lowest BCUT2D eigenvalue weighted by Crippen LogP contribution is -2.31. The number of hydrogen-bond donors (Lipinski definition) is 1. The first kappa shape index (κ1) is 22.7. The van der Waals surface area contributed by atoms with Crippen LogP contribution in [-0.2, 0) is 28.7 Å². The molecular formula is C22H26F3NO3. The molecule has 0 spiro atoms. The standard InChI is InChI=1S/C22H26F3NO3/c1-2-20(16-28-15-18-10-6-12-19(14-18)22(23,24)25)29-21(27)26-13-7-11-17-8-4-3-5-9-17/h3-6,8-10,12,14,20H,2,7,11,13,15-16H2,1H3,(H,26,27). The Morgan fingerprint density at radius 3 is 2.48 bits per heavy atom. The molecule has 0 aromatic heterocycles. The lowest BCUT2D eigenvalue weighted by molar-refractivity contribution is -0.137. The maximum absolute atomic E-state index is 12.7. The van der Waals surface area contributed by atoms with Crippen LogP contribution in [0.2, 0.25) is 0 Å². The molecule has 0 aliphatic heterocycles. The van der Waals surface area contributed by atoms with Gasteiger partial charge in [-0.3, -0.25) is 0 Å². The first-order valence-corrected chi connectivity index (χ1v) is 9.60. The van der Waals surface area contributed by atoms with Crippen LogP contribution in [0.15, 0.2) is 54.6 Å². The zero-order valence-electron chi connectivity index (χ0n) is 16.4. The summed E-state index contributed by atoms with van der Waals surface area (Å²) < 4.78 is 49.0. The summed E-state index contributed by atoms with van der Waals surface area (Å²) in [5.74, 6) is 0. The molecule has 1 atom stereocenters. The molecule has 4 nitrogen and oxygen atoms in total. The molecule has 29 heavy (non-hydrogen) atoms. The van der Waals surface area contributed by atoms with Gasteiger partial charge in [-0.15, -0.1) is 0 Å². The van der Waals surface area contributed by atoms with Gasteiger partial charge in [0, 0.05) is 6.54 Å². The van der Waals surface area contributed by atoms with E-state index in [0.717, 1.165) is 25.0 Å². The van der Waals surface area contributed by atoms with Crippen molar-refractivity contribution in [1.82, 2.24) is 5.32 Å². The second-order valence-electron chi connectivity index (χ2n) is 6.66. The fraction of sp³-hybridized carbons (Fsp3) is 0.409. The number of alkyl halides is 3. The number of aryl methyl sites for hydroxylation is 1. The van der Waals surface area contributed by atoms with E-state index in [0.29, 0.717) is 18.5 Å². The normalized spacial score (nSPS) is 12.4. The summed E-state index contributed by atoms with van der Waals surface area (Å²) in [7, 11) is 0. The Hall–Kier alpha value is -2.54. The number of alkyl carbamates (subject to hydrolysis) is 1. The van der Waals surface area contributed by atoms with Crippen molar-refractivity contribution in [2.45, 2.75) is 45.1 Å². The fourth-order valence-corrected chi connectivity index (χ4v) is 2.70. The molecule has 0 aliphatic carbocycles. The number of carbonyl (C=O) groups is 1. The number of benzene rings is 2. The van der Waals surface area contributed by atoms with Crippen molar-refractivity contribution >= 4 is 6.09 Å². The monoisotopic (exact) mass is 409 g/mol. The van der Waals surface area contributed by atoms with Crippen LogP contribution in [-0.4, -0.2) is 25.3 Å². The topological polar surface area (TPSA) is 47.6 Å². The third kappa shape index (κ3) is 8.56. The van der Waals surface area contributed by atoms with E-state index in [4.69, 9.17) is 9.47 Å². The molecule has 0 radical (unpaired) electrons. The molecule has 1 amide bonds. The summed E-state index contributed by atoms with van der Waals surface area (Å²) in [5, 5.41) is 2.71. The Labute approximate surface area is 169 Å². The molecule has 7 heteroatoms. The second kappa shape index (κ2) is 11.5. The van der Waals surface area contributed by atoms with Gasteiger partial charge >= 0.3 is 12.3 Å². The smallest absolute Gasteiger partial charge is 0.416 e. The van der Waals surface area contributed by atoms with E-state index >= 15 is 0 Å². The zero-order valence-corrected chi connectivity index (χ0v) is 16.4. The van der Waals surface area contributed by atoms with Crippen LogP contribution in [0.5, 0.6) is 0 Å². The summed E-state index contributed by atoms with van der Waals surface area (Å²) in [6.07, 6.45) is -3.17. The summed E-state index contributed by atoms with van der Waals surface area (Å²) in [5.41, 5.74) is 0.911. The molecule has 2 rings (SSSR count). The van der Waals surface area contributed by atoms with Gasteiger partial charge in [-0.1, -0.05) is 49.4 Å². The first-order valence-electron chi connectivity index (χ1n) is 9.60. The number of hydrogen-bond acceptors (Lipinski definition) is 3. The first-order chi connectivity index (χ1) is 13.9. The van der Waals surface area contributed by atoms with Gasteiger partial charge in [0.15, 0.2) is 0 Å².